The summed E-state index contributed by atoms with van der Waals surface area (Å²) >= 11 is 1.59. The van der Waals surface area contributed by atoms with Crippen molar-refractivity contribution >= 4 is 28.5 Å². The van der Waals surface area contributed by atoms with Crippen LogP contribution in [0, 0.1) is 11.6 Å². The first-order valence-electron chi connectivity index (χ1n) is 9.06. The Bertz CT molecular complexity index is 959. The molecule has 0 radical (unpaired) electrons. The van der Waals surface area contributed by atoms with Crippen molar-refractivity contribution in [2.45, 2.75) is 42.9 Å². The average molecular weight is 402 g/mol. The maximum absolute atomic E-state index is 14.7. The van der Waals surface area contributed by atoms with E-state index in [2.05, 4.69) is 15.3 Å². The van der Waals surface area contributed by atoms with E-state index in [1.807, 2.05) is 6.92 Å². The van der Waals surface area contributed by atoms with Gasteiger partial charge in [-0.1, -0.05) is 18.2 Å². The Balaban J connectivity index is 1.63. The zero-order valence-corrected chi connectivity index (χ0v) is 16.2. The summed E-state index contributed by atoms with van der Waals surface area (Å²) < 4.78 is 27.7. The molecule has 2 aromatic rings. The summed E-state index contributed by atoms with van der Waals surface area (Å²) in [6.07, 6.45) is 4.88. The van der Waals surface area contributed by atoms with Crippen LogP contribution in [0.2, 0.25) is 0 Å². The summed E-state index contributed by atoms with van der Waals surface area (Å²) in [6.45, 7) is 1.88. The second kappa shape index (κ2) is 6.84. The Kier molecular flexibility index (Phi) is 4.61. The monoisotopic (exact) mass is 402 g/mol. The van der Waals surface area contributed by atoms with Gasteiger partial charge in [-0.2, -0.15) is 0 Å². The predicted molar refractivity (Wildman–Crippen MR) is 106 cm³/mol. The number of rotatable bonds is 3. The van der Waals surface area contributed by atoms with Crippen molar-refractivity contribution < 1.29 is 13.6 Å². The van der Waals surface area contributed by atoms with Crippen LogP contribution in [-0.4, -0.2) is 20.8 Å². The number of hydrogen-bond acceptors (Lipinski definition) is 5. The number of thioether (sulfide) groups is 1. The number of amides is 1. The van der Waals surface area contributed by atoms with Crippen molar-refractivity contribution in [3.63, 3.8) is 0 Å². The van der Waals surface area contributed by atoms with Gasteiger partial charge in [0.2, 0.25) is 0 Å². The van der Waals surface area contributed by atoms with E-state index in [0.29, 0.717) is 22.8 Å². The summed E-state index contributed by atoms with van der Waals surface area (Å²) in [5.74, 6) is -1.41. The van der Waals surface area contributed by atoms with E-state index in [-0.39, 0.29) is 10.4 Å². The molecule has 1 aromatic heterocycles. The fraction of sp³-hybridized carbons (Fsp3) is 0.350. The molecule has 146 valence electrons. The van der Waals surface area contributed by atoms with Crippen LogP contribution < -0.4 is 11.1 Å². The number of halogens is 2. The second-order valence-corrected chi connectivity index (χ2v) is 9.04. The molecule has 28 heavy (non-hydrogen) atoms. The number of pyridine rings is 1. The molecule has 2 aliphatic rings. The molecule has 0 bridgehead atoms. The lowest BCUT2D eigenvalue weighted by molar-refractivity contribution is 0.102. The number of nitrogens with zero attached hydrogens (tertiary/aromatic N) is 2. The van der Waals surface area contributed by atoms with Crippen LogP contribution in [0.25, 0.3) is 0 Å². The van der Waals surface area contributed by atoms with E-state index in [1.54, 1.807) is 17.8 Å². The predicted octanol–water partition coefficient (Wildman–Crippen LogP) is 4.20. The smallest absolute Gasteiger partial charge is 0.274 e. The SMILES string of the molecule is CC1(c2cc(NC(=O)c3ccc(F)cn3)ccc2F)CC2(CCC2)SC(N)=N1. The van der Waals surface area contributed by atoms with Crippen molar-refractivity contribution in [2.75, 3.05) is 5.32 Å². The van der Waals surface area contributed by atoms with Gasteiger partial charge in [0.25, 0.3) is 5.91 Å². The van der Waals surface area contributed by atoms with Crippen LogP contribution in [-0.2, 0) is 5.54 Å². The highest BCUT2D eigenvalue weighted by Crippen LogP contribution is 2.55. The van der Waals surface area contributed by atoms with Gasteiger partial charge in [-0.3, -0.25) is 9.79 Å². The first-order chi connectivity index (χ1) is 13.3. The van der Waals surface area contributed by atoms with Gasteiger partial charge in [0.05, 0.1) is 11.7 Å². The highest BCUT2D eigenvalue weighted by molar-refractivity contribution is 8.15. The molecule has 1 atom stereocenters. The molecule has 1 unspecified atom stereocenters. The van der Waals surface area contributed by atoms with Crippen LogP contribution in [0.3, 0.4) is 0 Å². The lowest BCUT2D eigenvalue weighted by Crippen LogP contribution is -2.46. The minimum absolute atomic E-state index is 0.0182. The molecule has 1 amide bonds. The Labute approximate surface area is 165 Å². The normalized spacial score (nSPS) is 23.0. The van der Waals surface area contributed by atoms with Crippen molar-refractivity contribution in [1.82, 2.24) is 4.98 Å². The third-order valence-corrected chi connectivity index (χ3v) is 6.66. The highest BCUT2D eigenvalue weighted by atomic mass is 32.2. The minimum atomic E-state index is -0.797. The number of nitrogens with one attached hydrogen (secondary N) is 1. The number of amidine groups is 1. The van der Waals surface area contributed by atoms with E-state index in [9.17, 15) is 13.6 Å². The highest BCUT2D eigenvalue weighted by Gasteiger charge is 2.49. The Morgan fingerprint density at radius 3 is 2.68 bits per heavy atom. The zero-order valence-electron chi connectivity index (χ0n) is 15.3. The Hall–Kier alpha value is -2.48. The first kappa shape index (κ1) is 18.9. The number of benzene rings is 1. The Morgan fingerprint density at radius 1 is 1.25 bits per heavy atom. The summed E-state index contributed by atoms with van der Waals surface area (Å²) in [5.41, 5.74) is 6.16. The summed E-state index contributed by atoms with van der Waals surface area (Å²) in [4.78, 5) is 20.7. The van der Waals surface area contributed by atoms with E-state index in [0.717, 1.165) is 31.5 Å². The summed E-state index contributed by atoms with van der Waals surface area (Å²) in [6, 6.07) is 6.84. The summed E-state index contributed by atoms with van der Waals surface area (Å²) in [5, 5.41) is 3.16. The number of aliphatic imine (C=N–C) groups is 1. The van der Waals surface area contributed by atoms with Gasteiger partial charge in [-0.05, 0) is 56.5 Å². The molecule has 4 rings (SSSR count). The molecule has 8 heteroatoms. The van der Waals surface area contributed by atoms with Crippen molar-refractivity contribution in [2.24, 2.45) is 10.7 Å². The number of carbonyl (C=O) groups is 1. The molecular weight excluding hydrogens is 382 g/mol. The molecule has 1 aromatic carbocycles. The standard InChI is InChI=1S/C20H20F2N4OS/c1-19(11-20(7-2-8-20)28-18(23)26-19)14-9-13(4-5-15(14)22)25-17(27)16-6-3-12(21)10-24-16/h3-6,9-10H,2,7-8,11H2,1H3,(H2,23,26)(H,25,27). The van der Waals surface area contributed by atoms with Crippen LogP contribution >= 0.6 is 11.8 Å². The molecule has 1 aliphatic heterocycles. The maximum atomic E-state index is 14.7. The number of carbonyl (C=O) groups excluding carboxylic acids is 1. The van der Waals surface area contributed by atoms with Gasteiger partial charge in [0, 0.05) is 16.0 Å². The van der Waals surface area contributed by atoms with Crippen LogP contribution in [0.4, 0.5) is 14.5 Å². The van der Waals surface area contributed by atoms with E-state index >= 15 is 0 Å². The molecule has 1 fully saturated rings. The topological polar surface area (TPSA) is 80.4 Å². The number of anilines is 1. The lowest BCUT2D eigenvalue weighted by Gasteiger charge is -2.48. The third kappa shape index (κ3) is 3.48. The number of nitrogens with two attached hydrogens (primary N) is 1. The molecule has 0 saturated heterocycles. The van der Waals surface area contributed by atoms with Crippen LogP contribution in [0.1, 0.15) is 48.7 Å². The van der Waals surface area contributed by atoms with Gasteiger partial charge in [0.15, 0.2) is 5.17 Å². The zero-order chi connectivity index (χ0) is 19.9. The van der Waals surface area contributed by atoms with Gasteiger partial charge >= 0.3 is 0 Å². The average Bonchev–Trinajstić information content (AvgIpc) is 2.61. The Morgan fingerprint density at radius 2 is 2.04 bits per heavy atom. The van der Waals surface area contributed by atoms with Crippen molar-refractivity contribution in [3.8, 4) is 0 Å². The lowest BCUT2D eigenvalue weighted by atomic mass is 9.73. The second-order valence-electron chi connectivity index (χ2n) is 7.55. The van der Waals surface area contributed by atoms with E-state index in [1.165, 1.54) is 18.2 Å². The van der Waals surface area contributed by atoms with Gasteiger partial charge < -0.3 is 11.1 Å². The maximum Gasteiger partial charge on any atom is 0.274 e. The summed E-state index contributed by atoms with van der Waals surface area (Å²) in [7, 11) is 0. The van der Waals surface area contributed by atoms with Crippen molar-refractivity contribution in [1.29, 1.82) is 0 Å². The minimum Gasteiger partial charge on any atom is -0.378 e. The van der Waals surface area contributed by atoms with Gasteiger partial charge in [-0.25, -0.2) is 13.8 Å². The van der Waals surface area contributed by atoms with Crippen LogP contribution in [0.15, 0.2) is 41.5 Å². The molecule has 2 heterocycles. The number of hydrogen-bond donors (Lipinski definition) is 2. The van der Waals surface area contributed by atoms with Crippen molar-refractivity contribution in [3.05, 3.63) is 59.4 Å². The quantitative estimate of drug-likeness (QED) is 0.806. The molecule has 1 saturated carbocycles. The largest absolute Gasteiger partial charge is 0.378 e. The third-order valence-electron chi connectivity index (χ3n) is 5.37. The molecule has 1 spiro atoms. The van der Waals surface area contributed by atoms with Gasteiger partial charge in [0.1, 0.15) is 17.3 Å². The molecular formula is C20H20F2N4OS. The fourth-order valence-corrected chi connectivity index (χ4v) is 5.45. The fourth-order valence-electron chi connectivity index (χ4n) is 3.92. The van der Waals surface area contributed by atoms with Gasteiger partial charge in [-0.15, -0.1) is 0 Å². The van der Waals surface area contributed by atoms with E-state index in [4.69, 9.17) is 5.73 Å². The first-order valence-corrected chi connectivity index (χ1v) is 9.88. The van der Waals surface area contributed by atoms with Crippen LogP contribution in [0.5, 0.6) is 0 Å². The molecule has 5 nitrogen and oxygen atoms in total. The molecule has 3 N–H and O–H groups in total. The van der Waals surface area contributed by atoms with E-state index < -0.39 is 23.1 Å². The molecule has 1 aliphatic carbocycles. The number of aromatic nitrogens is 1.